The molecule has 0 bridgehead atoms. The Hall–Kier alpha value is -0.770. The summed E-state index contributed by atoms with van der Waals surface area (Å²) in [5.74, 6) is 0. The number of carbonyl (C=O) groups is 1. The Balaban J connectivity index is 1.81. The Labute approximate surface area is 104 Å². The molecular formula is C13H25N3O. The van der Waals surface area contributed by atoms with Crippen molar-refractivity contribution >= 4 is 6.03 Å². The van der Waals surface area contributed by atoms with E-state index < -0.39 is 0 Å². The Kier molecular flexibility index (Phi) is 4.26. The zero-order valence-electron chi connectivity index (χ0n) is 11.1. The molecular weight excluding hydrogens is 214 g/mol. The summed E-state index contributed by atoms with van der Waals surface area (Å²) < 4.78 is 0. The lowest BCUT2D eigenvalue weighted by Crippen LogP contribution is -2.50. The van der Waals surface area contributed by atoms with E-state index in [1.807, 2.05) is 18.7 Å². The predicted octanol–water partition coefficient (Wildman–Crippen LogP) is 1.66. The van der Waals surface area contributed by atoms with Gasteiger partial charge in [-0.15, -0.1) is 0 Å². The highest BCUT2D eigenvalue weighted by Crippen LogP contribution is 2.26. The van der Waals surface area contributed by atoms with E-state index in [2.05, 4.69) is 10.2 Å². The van der Waals surface area contributed by atoms with Crippen molar-refractivity contribution in [3.63, 3.8) is 0 Å². The fourth-order valence-corrected chi connectivity index (χ4v) is 3.13. The van der Waals surface area contributed by atoms with E-state index in [0.29, 0.717) is 6.04 Å². The van der Waals surface area contributed by atoms with Gasteiger partial charge < -0.3 is 15.1 Å². The van der Waals surface area contributed by atoms with E-state index in [9.17, 15) is 4.79 Å². The van der Waals surface area contributed by atoms with Crippen LogP contribution in [0.3, 0.4) is 0 Å². The van der Waals surface area contributed by atoms with Crippen LogP contribution in [0.5, 0.6) is 0 Å². The number of nitrogens with zero attached hydrogens (tertiary/aromatic N) is 2. The molecule has 17 heavy (non-hydrogen) atoms. The lowest BCUT2D eigenvalue weighted by atomic mass is 9.98. The van der Waals surface area contributed by atoms with Gasteiger partial charge in [-0.2, -0.15) is 0 Å². The molecule has 2 atom stereocenters. The number of amides is 2. The molecule has 0 aliphatic carbocycles. The first kappa shape index (κ1) is 12.7. The summed E-state index contributed by atoms with van der Waals surface area (Å²) in [6.07, 6.45) is 4.91. The Morgan fingerprint density at radius 1 is 1.29 bits per heavy atom. The zero-order valence-corrected chi connectivity index (χ0v) is 11.1. The van der Waals surface area contributed by atoms with Gasteiger partial charge in [-0.1, -0.05) is 0 Å². The average molecular weight is 239 g/mol. The van der Waals surface area contributed by atoms with Crippen LogP contribution < -0.4 is 5.32 Å². The van der Waals surface area contributed by atoms with Gasteiger partial charge in [0.15, 0.2) is 0 Å². The van der Waals surface area contributed by atoms with Gasteiger partial charge >= 0.3 is 6.03 Å². The summed E-state index contributed by atoms with van der Waals surface area (Å²) in [5, 5.41) is 3.19. The number of rotatable bonds is 3. The molecule has 0 saturated carbocycles. The third kappa shape index (κ3) is 2.92. The maximum Gasteiger partial charge on any atom is 0.317 e. The van der Waals surface area contributed by atoms with E-state index in [-0.39, 0.29) is 6.03 Å². The van der Waals surface area contributed by atoms with Crippen molar-refractivity contribution < 1.29 is 4.79 Å². The van der Waals surface area contributed by atoms with Gasteiger partial charge in [-0.3, -0.25) is 0 Å². The SMILES string of the molecule is CCN(CC)C(=O)NC1CCN2CCCC2C1. The number of nitrogens with one attached hydrogen (secondary N) is 1. The third-order valence-electron chi connectivity index (χ3n) is 4.20. The van der Waals surface area contributed by atoms with Crippen LogP contribution in [0, 0.1) is 0 Å². The molecule has 2 unspecified atom stereocenters. The smallest absolute Gasteiger partial charge is 0.317 e. The van der Waals surface area contributed by atoms with Crippen molar-refractivity contribution in [1.29, 1.82) is 0 Å². The summed E-state index contributed by atoms with van der Waals surface area (Å²) in [4.78, 5) is 16.4. The summed E-state index contributed by atoms with van der Waals surface area (Å²) in [6.45, 7) is 8.08. The van der Waals surface area contributed by atoms with E-state index >= 15 is 0 Å². The van der Waals surface area contributed by atoms with Crippen molar-refractivity contribution in [2.45, 2.75) is 51.6 Å². The number of piperidine rings is 1. The van der Waals surface area contributed by atoms with Gasteiger partial charge in [0.05, 0.1) is 0 Å². The lowest BCUT2D eigenvalue weighted by Gasteiger charge is -2.36. The van der Waals surface area contributed by atoms with Gasteiger partial charge in [0.1, 0.15) is 0 Å². The van der Waals surface area contributed by atoms with Crippen LogP contribution in [0.4, 0.5) is 4.79 Å². The first-order valence-corrected chi connectivity index (χ1v) is 7.04. The lowest BCUT2D eigenvalue weighted by molar-refractivity contribution is 0.156. The predicted molar refractivity (Wildman–Crippen MR) is 69.1 cm³/mol. The third-order valence-corrected chi connectivity index (χ3v) is 4.20. The van der Waals surface area contributed by atoms with Gasteiger partial charge in [-0.05, 0) is 46.1 Å². The number of carbonyl (C=O) groups excluding carboxylic acids is 1. The highest BCUT2D eigenvalue weighted by atomic mass is 16.2. The molecule has 2 heterocycles. The number of urea groups is 1. The quantitative estimate of drug-likeness (QED) is 0.813. The van der Waals surface area contributed by atoms with Gasteiger partial charge in [-0.25, -0.2) is 4.79 Å². The Morgan fingerprint density at radius 2 is 2.06 bits per heavy atom. The fraction of sp³-hybridized carbons (Fsp3) is 0.923. The molecule has 0 aromatic rings. The summed E-state index contributed by atoms with van der Waals surface area (Å²) in [5.41, 5.74) is 0. The zero-order chi connectivity index (χ0) is 12.3. The minimum Gasteiger partial charge on any atom is -0.335 e. The molecule has 0 radical (unpaired) electrons. The number of hydrogen-bond acceptors (Lipinski definition) is 2. The van der Waals surface area contributed by atoms with Crippen LogP contribution in [-0.2, 0) is 0 Å². The van der Waals surface area contributed by atoms with Crippen LogP contribution >= 0.6 is 0 Å². The molecule has 0 aromatic heterocycles. The summed E-state index contributed by atoms with van der Waals surface area (Å²) in [7, 11) is 0. The molecule has 0 aromatic carbocycles. The second kappa shape index (κ2) is 5.71. The minimum absolute atomic E-state index is 0.117. The molecule has 98 valence electrons. The normalized spacial score (nSPS) is 28.8. The Bertz CT molecular complexity index is 265. The van der Waals surface area contributed by atoms with Gasteiger partial charge in [0, 0.05) is 31.7 Å². The van der Waals surface area contributed by atoms with Crippen molar-refractivity contribution in [1.82, 2.24) is 15.1 Å². The molecule has 4 heteroatoms. The van der Waals surface area contributed by atoms with E-state index in [1.165, 1.54) is 19.4 Å². The van der Waals surface area contributed by atoms with Crippen LogP contribution in [0.25, 0.3) is 0 Å². The average Bonchev–Trinajstić information content (AvgIpc) is 2.77. The van der Waals surface area contributed by atoms with Crippen LogP contribution in [-0.4, -0.2) is 54.1 Å². The molecule has 2 saturated heterocycles. The molecule has 4 nitrogen and oxygen atoms in total. The maximum atomic E-state index is 12.0. The minimum atomic E-state index is 0.117. The van der Waals surface area contributed by atoms with Crippen molar-refractivity contribution in [3.05, 3.63) is 0 Å². The highest BCUT2D eigenvalue weighted by Gasteiger charge is 2.32. The van der Waals surface area contributed by atoms with Crippen LogP contribution in [0.15, 0.2) is 0 Å². The monoisotopic (exact) mass is 239 g/mol. The van der Waals surface area contributed by atoms with E-state index in [1.54, 1.807) is 0 Å². The molecule has 2 amide bonds. The second-order valence-corrected chi connectivity index (χ2v) is 5.18. The Morgan fingerprint density at radius 3 is 2.76 bits per heavy atom. The molecule has 2 aliphatic heterocycles. The maximum absolute atomic E-state index is 12.0. The molecule has 2 rings (SSSR count). The van der Waals surface area contributed by atoms with Gasteiger partial charge in [0.25, 0.3) is 0 Å². The standard InChI is InChI=1S/C13H25N3O/c1-3-15(4-2)13(17)14-11-7-9-16-8-5-6-12(16)10-11/h11-12H,3-10H2,1-2H3,(H,14,17). The number of hydrogen-bond donors (Lipinski definition) is 1. The summed E-state index contributed by atoms with van der Waals surface area (Å²) in [6, 6.07) is 1.24. The first-order chi connectivity index (χ1) is 8.24. The van der Waals surface area contributed by atoms with Crippen LogP contribution in [0.1, 0.15) is 39.5 Å². The molecule has 0 spiro atoms. The molecule has 2 aliphatic rings. The fourth-order valence-electron chi connectivity index (χ4n) is 3.13. The van der Waals surface area contributed by atoms with Gasteiger partial charge in [0.2, 0.25) is 0 Å². The highest BCUT2D eigenvalue weighted by molar-refractivity contribution is 5.74. The first-order valence-electron chi connectivity index (χ1n) is 7.04. The topological polar surface area (TPSA) is 35.6 Å². The largest absolute Gasteiger partial charge is 0.335 e. The van der Waals surface area contributed by atoms with Crippen LogP contribution in [0.2, 0.25) is 0 Å². The van der Waals surface area contributed by atoms with E-state index in [4.69, 9.17) is 0 Å². The van der Waals surface area contributed by atoms with Crippen molar-refractivity contribution in [3.8, 4) is 0 Å². The van der Waals surface area contributed by atoms with E-state index in [0.717, 1.165) is 38.5 Å². The molecule has 1 N–H and O–H groups in total. The number of fused-ring (bicyclic) bond motifs is 1. The van der Waals surface area contributed by atoms with Crippen molar-refractivity contribution in [2.24, 2.45) is 0 Å². The second-order valence-electron chi connectivity index (χ2n) is 5.18. The molecule has 2 fully saturated rings. The summed E-state index contributed by atoms with van der Waals surface area (Å²) >= 11 is 0. The van der Waals surface area contributed by atoms with Crippen molar-refractivity contribution in [2.75, 3.05) is 26.2 Å².